The maximum Gasteiger partial charge on any atom is 0.309 e. The Morgan fingerprint density at radius 2 is 1.71 bits per heavy atom. The van der Waals surface area contributed by atoms with Crippen LogP contribution in [0.1, 0.15) is 16.7 Å². The highest BCUT2D eigenvalue weighted by molar-refractivity contribution is 9.11. The van der Waals surface area contributed by atoms with E-state index in [1.165, 1.54) is 12.7 Å². The first kappa shape index (κ1) is 23.3. The Kier molecular flexibility index (Phi) is 8.51. The van der Waals surface area contributed by atoms with Crippen LogP contribution in [0.3, 0.4) is 0 Å². The lowest BCUT2D eigenvalue weighted by atomic mass is 10.1. The smallest absolute Gasteiger partial charge is 0.309 e. The number of aromatic hydroxyl groups is 1. The molecule has 0 saturated carbocycles. The zero-order chi connectivity index (χ0) is 22.2. The molecule has 0 aliphatic rings. The van der Waals surface area contributed by atoms with Gasteiger partial charge in [0.1, 0.15) is 11.5 Å². The van der Waals surface area contributed by atoms with E-state index in [2.05, 4.69) is 49.3 Å². The van der Waals surface area contributed by atoms with E-state index in [1.54, 1.807) is 12.1 Å². The number of ether oxygens (including phenoxy) is 2. The molecule has 3 aromatic carbocycles. The third-order valence-corrected chi connectivity index (χ3v) is 5.83. The van der Waals surface area contributed by atoms with Crippen LogP contribution in [0, 0.1) is 0 Å². The van der Waals surface area contributed by atoms with Gasteiger partial charge in [-0.2, -0.15) is 0 Å². The van der Waals surface area contributed by atoms with Crippen LogP contribution < -0.4 is 10.1 Å². The average molecular weight is 549 g/mol. The number of nitrogens with one attached hydrogen (secondary N) is 1. The standard InChI is InChI=1S/C24H23Br2NO4/c1-30-23(29)13-17-11-20(25)24(21(26)12-17)31-19-7-8-22(28)18(14-19)15-27-10-9-16-5-3-2-4-6-16/h2-8,11-12,14,27-28H,9-10,13,15H2,1H3. The highest BCUT2D eigenvalue weighted by atomic mass is 79.9. The summed E-state index contributed by atoms with van der Waals surface area (Å²) in [6, 6.07) is 19.0. The number of benzene rings is 3. The molecule has 5 nitrogen and oxygen atoms in total. The summed E-state index contributed by atoms with van der Waals surface area (Å²) in [5.74, 6) is 1.09. The van der Waals surface area contributed by atoms with Crippen molar-refractivity contribution < 1.29 is 19.4 Å². The molecule has 3 aromatic rings. The van der Waals surface area contributed by atoms with E-state index in [0.29, 0.717) is 27.0 Å². The van der Waals surface area contributed by atoms with Crippen LogP contribution in [0.2, 0.25) is 0 Å². The summed E-state index contributed by atoms with van der Waals surface area (Å²) in [6.07, 6.45) is 1.08. The summed E-state index contributed by atoms with van der Waals surface area (Å²) < 4.78 is 12.2. The van der Waals surface area contributed by atoms with E-state index in [0.717, 1.165) is 24.1 Å². The molecule has 7 heteroatoms. The first-order chi connectivity index (χ1) is 15.0. The topological polar surface area (TPSA) is 67.8 Å². The van der Waals surface area contributed by atoms with Crippen LogP contribution in [0.25, 0.3) is 0 Å². The Hall–Kier alpha value is -2.35. The second kappa shape index (κ2) is 11.3. The fourth-order valence-electron chi connectivity index (χ4n) is 3.04. The van der Waals surface area contributed by atoms with E-state index in [1.807, 2.05) is 36.4 Å². The van der Waals surface area contributed by atoms with Crippen molar-refractivity contribution in [2.24, 2.45) is 0 Å². The molecule has 0 heterocycles. The van der Waals surface area contributed by atoms with Gasteiger partial charge in [0, 0.05) is 12.1 Å². The number of rotatable bonds is 9. The number of phenols is 1. The lowest BCUT2D eigenvalue weighted by Crippen LogP contribution is -2.16. The predicted octanol–water partition coefficient (Wildman–Crippen LogP) is 5.76. The molecule has 0 amide bonds. The first-order valence-corrected chi connectivity index (χ1v) is 11.3. The first-order valence-electron chi connectivity index (χ1n) is 9.75. The molecule has 0 unspecified atom stereocenters. The average Bonchev–Trinajstić information content (AvgIpc) is 2.76. The number of hydrogen-bond donors (Lipinski definition) is 2. The van der Waals surface area contributed by atoms with E-state index >= 15 is 0 Å². The van der Waals surface area contributed by atoms with Gasteiger partial charge in [0.25, 0.3) is 0 Å². The van der Waals surface area contributed by atoms with Crippen molar-refractivity contribution >= 4 is 37.8 Å². The molecule has 0 aromatic heterocycles. The molecular weight excluding hydrogens is 526 g/mol. The van der Waals surface area contributed by atoms with Gasteiger partial charge in [-0.1, -0.05) is 30.3 Å². The van der Waals surface area contributed by atoms with Gasteiger partial charge >= 0.3 is 5.97 Å². The van der Waals surface area contributed by atoms with Gasteiger partial charge < -0.3 is 19.9 Å². The van der Waals surface area contributed by atoms with Crippen LogP contribution in [-0.2, 0) is 28.9 Å². The molecule has 0 aliphatic carbocycles. The largest absolute Gasteiger partial charge is 0.508 e. The number of carbonyl (C=O) groups excluding carboxylic acids is 1. The lowest BCUT2D eigenvalue weighted by molar-refractivity contribution is -0.139. The molecule has 0 fully saturated rings. The molecule has 31 heavy (non-hydrogen) atoms. The van der Waals surface area contributed by atoms with Crippen molar-refractivity contribution in [2.45, 2.75) is 19.4 Å². The monoisotopic (exact) mass is 547 g/mol. The fourth-order valence-corrected chi connectivity index (χ4v) is 4.48. The third-order valence-electron chi connectivity index (χ3n) is 4.65. The number of halogens is 2. The Labute approximate surface area is 198 Å². The van der Waals surface area contributed by atoms with Crippen molar-refractivity contribution in [2.75, 3.05) is 13.7 Å². The van der Waals surface area contributed by atoms with Gasteiger partial charge in [0.2, 0.25) is 0 Å². The van der Waals surface area contributed by atoms with E-state index in [4.69, 9.17) is 9.47 Å². The fraction of sp³-hybridized carbons (Fsp3) is 0.208. The molecule has 0 aliphatic heterocycles. The number of phenolic OH excluding ortho intramolecular Hbond substituents is 1. The normalized spacial score (nSPS) is 10.7. The maximum absolute atomic E-state index is 11.5. The van der Waals surface area contributed by atoms with Gasteiger partial charge in [-0.05, 0) is 86.3 Å². The molecule has 0 radical (unpaired) electrons. The maximum atomic E-state index is 11.5. The molecule has 3 rings (SSSR count). The molecule has 2 N–H and O–H groups in total. The van der Waals surface area contributed by atoms with Gasteiger partial charge in [-0.15, -0.1) is 0 Å². The zero-order valence-electron chi connectivity index (χ0n) is 17.0. The number of hydrogen-bond acceptors (Lipinski definition) is 5. The number of methoxy groups -OCH3 is 1. The minimum Gasteiger partial charge on any atom is -0.508 e. The van der Waals surface area contributed by atoms with Gasteiger partial charge in [0.05, 0.1) is 22.5 Å². The summed E-state index contributed by atoms with van der Waals surface area (Å²) >= 11 is 7.01. The molecule has 162 valence electrons. The van der Waals surface area contributed by atoms with Gasteiger partial charge in [0.15, 0.2) is 5.75 Å². The van der Waals surface area contributed by atoms with Crippen molar-refractivity contribution in [1.29, 1.82) is 0 Å². The van der Waals surface area contributed by atoms with Crippen LogP contribution in [0.5, 0.6) is 17.2 Å². The van der Waals surface area contributed by atoms with Crippen LogP contribution in [-0.4, -0.2) is 24.7 Å². The second-order valence-corrected chi connectivity index (χ2v) is 8.66. The summed E-state index contributed by atoms with van der Waals surface area (Å²) in [5, 5.41) is 13.6. The molecule has 0 saturated heterocycles. The SMILES string of the molecule is COC(=O)Cc1cc(Br)c(Oc2ccc(O)c(CNCCc3ccccc3)c2)c(Br)c1. The Morgan fingerprint density at radius 3 is 2.39 bits per heavy atom. The summed E-state index contributed by atoms with van der Waals surface area (Å²) in [4.78, 5) is 11.5. The predicted molar refractivity (Wildman–Crippen MR) is 128 cm³/mol. The quantitative estimate of drug-likeness (QED) is 0.263. The van der Waals surface area contributed by atoms with Crippen molar-refractivity contribution in [1.82, 2.24) is 5.32 Å². The van der Waals surface area contributed by atoms with E-state index < -0.39 is 0 Å². The Balaban J connectivity index is 1.65. The minimum atomic E-state index is -0.310. The third kappa shape index (κ3) is 6.82. The van der Waals surface area contributed by atoms with Crippen LogP contribution in [0.4, 0.5) is 0 Å². The van der Waals surface area contributed by atoms with Crippen molar-refractivity contribution in [3.8, 4) is 17.2 Å². The van der Waals surface area contributed by atoms with Gasteiger partial charge in [-0.25, -0.2) is 0 Å². The molecule has 0 bridgehead atoms. The summed E-state index contributed by atoms with van der Waals surface area (Å²) in [7, 11) is 1.36. The second-order valence-electron chi connectivity index (χ2n) is 6.95. The van der Waals surface area contributed by atoms with Gasteiger partial charge in [-0.3, -0.25) is 4.79 Å². The van der Waals surface area contributed by atoms with Crippen molar-refractivity contribution in [3.05, 3.63) is 86.3 Å². The van der Waals surface area contributed by atoms with E-state index in [-0.39, 0.29) is 18.1 Å². The van der Waals surface area contributed by atoms with Crippen LogP contribution in [0.15, 0.2) is 69.6 Å². The van der Waals surface area contributed by atoms with E-state index in [9.17, 15) is 9.90 Å². The lowest BCUT2D eigenvalue weighted by Gasteiger charge is -2.14. The van der Waals surface area contributed by atoms with Crippen LogP contribution >= 0.6 is 31.9 Å². The highest BCUT2D eigenvalue weighted by Crippen LogP contribution is 2.38. The molecule has 0 spiro atoms. The number of carbonyl (C=O) groups is 1. The molecule has 0 atom stereocenters. The Morgan fingerprint density at radius 1 is 1.00 bits per heavy atom. The summed E-state index contributed by atoms with van der Waals surface area (Å²) in [5.41, 5.74) is 2.81. The zero-order valence-corrected chi connectivity index (χ0v) is 20.2. The minimum absolute atomic E-state index is 0.173. The molecular formula is C24H23Br2NO4. The summed E-state index contributed by atoms with van der Waals surface area (Å²) in [6.45, 7) is 1.32. The highest BCUT2D eigenvalue weighted by Gasteiger charge is 2.13. The van der Waals surface area contributed by atoms with Crippen molar-refractivity contribution in [3.63, 3.8) is 0 Å². The Bertz CT molecular complexity index is 1020. The number of esters is 1.